The van der Waals surface area contributed by atoms with Crippen molar-refractivity contribution in [3.8, 4) is 0 Å². The number of hydrogen-bond donors (Lipinski definition) is 0. The molecule has 0 saturated carbocycles. The summed E-state index contributed by atoms with van der Waals surface area (Å²) in [5.41, 5.74) is 0. The Kier molecular flexibility index (Phi) is 5.31. The fourth-order valence-corrected chi connectivity index (χ4v) is 4.37. The molecule has 2 aromatic rings. The molecule has 10 heteroatoms. The smallest absolute Gasteiger partial charge is 0.179 e. The summed E-state index contributed by atoms with van der Waals surface area (Å²) in [6.07, 6.45) is 4.46. The second kappa shape index (κ2) is 7.88. The van der Waals surface area contributed by atoms with Gasteiger partial charge in [-0.2, -0.15) is 0 Å². The van der Waals surface area contributed by atoms with Gasteiger partial charge in [-0.25, -0.2) is 23.4 Å². The molecule has 0 aliphatic carbocycles. The summed E-state index contributed by atoms with van der Waals surface area (Å²) in [7, 11) is -3.32. The maximum atomic E-state index is 12.1. The van der Waals surface area contributed by atoms with Gasteiger partial charge in [-0.15, -0.1) is 0 Å². The molecule has 0 radical (unpaired) electrons. The van der Waals surface area contributed by atoms with Crippen LogP contribution in [-0.4, -0.2) is 82.1 Å². The Morgan fingerprint density at radius 3 is 2.14 bits per heavy atom. The largest absolute Gasteiger partial charge is 0.378 e. The first-order valence-electron chi connectivity index (χ1n) is 9.32. The monoisotopic (exact) mass is 404 g/mol. The van der Waals surface area contributed by atoms with Crippen molar-refractivity contribution >= 4 is 27.3 Å². The van der Waals surface area contributed by atoms with Gasteiger partial charge in [-0.3, -0.25) is 0 Å². The number of pyridine rings is 1. The number of piperazine rings is 1. The third-order valence-electron chi connectivity index (χ3n) is 5.03. The highest BCUT2D eigenvalue weighted by Crippen LogP contribution is 2.25. The van der Waals surface area contributed by atoms with Crippen LogP contribution in [0.25, 0.3) is 0 Å². The van der Waals surface area contributed by atoms with Crippen LogP contribution in [0.3, 0.4) is 0 Å². The van der Waals surface area contributed by atoms with Crippen LogP contribution in [0.2, 0.25) is 0 Å². The molecular formula is C18H24N6O3S. The van der Waals surface area contributed by atoms with E-state index in [0.717, 1.165) is 37.8 Å². The Labute approximate surface area is 164 Å². The van der Waals surface area contributed by atoms with Crippen molar-refractivity contribution in [2.24, 2.45) is 0 Å². The average Bonchev–Trinajstić information content (AvgIpc) is 2.74. The summed E-state index contributed by atoms with van der Waals surface area (Å²) < 4.78 is 29.5. The maximum Gasteiger partial charge on any atom is 0.179 e. The van der Waals surface area contributed by atoms with Crippen molar-refractivity contribution in [3.05, 3.63) is 30.7 Å². The van der Waals surface area contributed by atoms with Crippen molar-refractivity contribution in [2.45, 2.75) is 4.90 Å². The maximum absolute atomic E-state index is 12.1. The zero-order valence-electron chi connectivity index (χ0n) is 15.9. The first-order chi connectivity index (χ1) is 13.5. The van der Waals surface area contributed by atoms with E-state index in [2.05, 4.69) is 24.8 Å². The summed E-state index contributed by atoms with van der Waals surface area (Å²) in [5.74, 6) is 2.33. The van der Waals surface area contributed by atoms with Gasteiger partial charge in [0.2, 0.25) is 0 Å². The third-order valence-corrected chi connectivity index (χ3v) is 6.14. The van der Waals surface area contributed by atoms with E-state index in [1.165, 1.54) is 6.26 Å². The molecule has 2 aromatic heterocycles. The second-order valence-corrected chi connectivity index (χ2v) is 8.89. The lowest BCUT2D eigenvalue weighted by molar-refractivity contribution is 0.122. The molecule has 4 heterocycles. The highest BCUT2D eigenvalue weighted by atomic mass is 32.2. The quantitative estimate of drug-likeness (QED) is 0.720. The Bertz CT molecular complexity index is 924. The van der Waals surface area contributed by atoms with Crippen LogP contribution < -0.4 is 14.7 Å². The van der Waals surface area contributed by atoms with Gasteiger partial charge in [-0.05, 0) is 12.1 Å². The number of rotatable bonds is 4. The zero-order chi connectivity index (χ0) is 19.6. The number of hydrogen-bond acceptors (Lipinski definition) is 9. The summed E-state index contributed by atoms with van der Waals surface area (Å²) in [4.78, 5) is 19.9. The molecule has 0 spiro atoms. The molecule has 2 saturated heterocycles. The Morgan fingerprint density at radius 2 is 1.50 bits per heavy atom. The molecular weight excluding hydrogens is 380 g/mol. The number of morpholine rings is 1. The molecule has 0 aromatic carbocycles. The highest BCUT2D eigenvalue weighted by molar-refractivity contribution is 7.90. The SMILES string of the molecule is CS(=O)(=O)c1cccnc1N1CCN(c2cc(N3CCOCC3)ncn2)CC1. The molecule has 28 heavy (non-hydrogen) atoms. The molecule has 0 atom stereocenters. The van der Waals surface area contributed by atoms with Gasteiger partial charge >= 0.3 is 0 Å². The molecule has 2 aliphatic heterocycles. The summed E-state index contributed by atoms with van der Waals surface area (Å²) in [5, 5.41) is 0. The van der Waals surface area contributed by atoms with Gasteiger partial charge < -0.3 is 19.4 Å². The third kappa shape index (κ3) is 4.02. The summed E-state index contributed by atoms with van der Waals surface area (Å²) >= 11 is 0. The molecule has 4 rings (SSSR count). The van der Waals surface area contributed by atoms with Crippen LogP contribution in [0, 0.1) is 0 Å². The van der Waals surface area contributed by atoms with Crippen LogP contribution in [-0.2, 0) is 14.6 Å². The first kappa shape index (κ1) is 18.9. The lowest BCUT2D eigenvalue weighted by Gasteiger charge is -2.37. The van der Waals surface area contributed by atoms with Gasteiger partial charge in [0.05, 0.1) is 13.2 Å². The van der Waals surface area contributed by atoms with Gasteiger partial charge in [0.25, 0.3) is 0 Å². The van der Waals surface area contributed by atoms with Crippen molar-refractivity contribution in [2.75, 3.05) is 73.4 Å². The molecule has 0 amide bonds. The molecule has 2 fully saturated rings. The van der Waals surface area contributed by atoms with Gasteiger partial charge in [0, 0.05) is 57.8 Å². The predicted octanol–water partition coefficient (Wildman–Crippen LogP) is 0.438. The summed E-state index contributed by atoms with van der Waals surface area (Å²) in [6, 6.07) is 5.29. The molecule has 9 nitrogen and oxygen atoms in total. The Balaban J connectivity index is 1.47. The molecule has 0 unspecified atom stereocenters. The average molecular weight is 404 g/mol. The number of ether oxygens (including phenoxy) is 1. The summed E-state index contributed by atoms with van der Waals surface area (Å²) in [6.45, 7) is 5.91. The van der Waals surface area contributed by atoms with E-state index < -0.39 is 9.84 Å². The van der Waals surface area contributed by atoms with E-state index in [9.17, 15) is 8.42 Å². The minimum atomic E-state index is -3.32. The van der Waals surface area contributed by atoms with E-state index in [4.69, 9.17) is 4.74 Å². The van der Waals surface area contributed by atoms with E-state index in [1.807, 2.05) is 11.0 Å². The Hall–Kier alpha value is -2.46. The standard InChI is InChI=1S/C18H24N6O3S/c1-28(25,26)15-3-2-4-19-18(15)24-7-5-22(6-8-24)16-13-17(21-14-20-16)23-9-11-27-12-10-23/h2-4,13-14H,5-12H2,1H3. The number of aromatic nitrogens is 3. The minimum Gasteiger partial charge on any atom is -0.378 e. The molecule has 0 N–H and O–H groups in total. The van der Waals surface area contributed by atoms with Crippen molar-refractivity contribution < 1.29 is 13.2 Å². The molecule has 0 bridgehead atoms. The number of anilines is 3. The molecule has 2 aliphatic rings. The second-order valence-electron chi connectivity index (χ2n) is 6.91. The van der Waals surface area contributed by atoms with E-state index in [-0.39, 0.29) is 4.90 Å². The fourth-order valence-electron chi connectivity index (χ4n) is 3.53. The van der Waals surface area contributed by atoms with Crippen LogP contribution in [0.1, 0.15) is 0 Å². The Morgan fingerprint density at radius 1 is 0.893 bits per heavy atom. The van der Waals surface area contributed by atoms with E-state index in [1.54, 1.807) is 24.7 Å². The van der Waals surface area contributed by atoms with Crippen LogP contribution in [0.15, 0.2) is 35.6 Å². The lowest BCUT2D eigenvalue weighted by atomic mass is 10.3. The first-order valence-corrected chi connectivity index (χ1v) is 11.2. The number of sulfone groups is 1. The minimum absolute atomic E-state index is 0.278. The van der Waals surface area contributed by atoms with E-state index in [0.29, 0.717) is 32.1 Å². The molecule has 150 valence electrons. The van der Waals surface area contributed by atoms with Crippen molar-refractivity contribution in [1.29, 1.82) is 0 Å². The van der Waals surface area contributed by atoms with Gasteiger partial charge in [0.15, 0.2) is 9.84 Å². The van der Waals surface area contributed by atoms with E-state index >= 15 is 0 Å². The van der Waals surface area contributed by atoms with Crippen LogP contribution in [0.4, 0.5) is 17.5 Å². The van der Waals surface area contributed by atoms with Crippen LogP contribution >= 0.6 is 0 Å². The lowest BCUT2D eigenvalue weighted by Crippen LogP contribution is -2.47. The van der Waals surface area contributed by atoms with Gasteiger partial charge in [-0.1, -0.05) is 0 Å². The topological polar surface area (TPSA) is 91.8 Å². The highest BCUT2D eigenvalue weighted by Gasteiger charge is 2.24. The fraction of sp³-hybridized carbons (Fsp3) is 0.500. The van der Waals surface area contributed by atoms with Crippen molar-refractivity contribution in [3.63, 3.8) is 0 Å². The van der Waals surface area contributed by atoms with Gasteiger partial charge in [0.1, 0.15) is 28.7 Å². The predicted molar refractivity (Wildman–Crippen MR) is 107 cm³/mol. The van der Waals surface area contributed by atoms with Crippen LogP contribution in [0.5, 0.6) is 0 Å². The zero-order valence-corrected chi connectivity index (χ0v) is 16.7. The van der Waals surface area contributed by atoms with Crippen molar-refractivity contribution in [1.82, 2.24) is 15.0 Å². The number of nitrogens with zero attached hydrogens (tertiary/aromatic N) is 6. The normalized spacial score (nSPS) is 18.4.